The first-order valence-electron chi connectivity index (χ1n) is 12.8. The van der Waals surface area contributed by atoms with E-state index in [0.717, 1.165) is 33.3 Å². The number of pyridine rings is 1. The average molecular weight is 549 g/mol. The number of aromatic nitrogens is 2. The van der Waals surface area contributed by atoms with Crippen molar-refractivity contribution in [1.82, 2.24) is 14.3 Å². The minimum absolute atomic E-state index is 0.209. The van der Waals surface area contributed by atoms with Gasteiger partial charge in [-0.2, -0.15) is 4.31 Å². The SMILES string of the molecule is Cc1cc(C)c2sc(N(Cc3cccnc3)C(=O)c3ccc(S(=O)(=O)N4CC(C)CC(C)C4)cc3)nc2c1. The third-order valence-corrected chi connectivity index (χ3v) is 10.00. The summed E-state index contributed by atoms with van der Waals surface area (Å²) in [7, 11) is -3.63. The normalized spacial score (nSPS) is 18.5. The van der Waals surface area contributed by atoms with Gasteiger partial charge in [0, 0.05) is 31.0 Å². The topological polar surface area (TPSA) is 83.5 Å². The van der Waals surface area contributed by atoms with E-state index in [-0.39, 0.29) is 10.8 Å². The van der Waals surface area contributed by atoms with Crippen LogP contribution in [0.3, 0.4) is 0 Å². The highest BCUT2D eigenvalue weighted by Crippen LogP contribution is 2.34. The van der Waals surface area contributed by atoms with Crippen LogP contribution in [0.1, 0.15) is 47.3 Å². The molecule has 7 nitrogen and oxygen atoms in total. The van der Waals surface area contributed by atoms with Gasteiger partial charge in [0.05, 0.1) is 21.7 Å². The van der Waals surface area contributed by atoms with E-state index < -0.39 is 10.0 Å². The van der Waals surface area contributed by atoms with Crippen LogP contribution in [0.4, 0.5) is 5.13 Å². The molecular weight excluding hydrogens is 516 g/mol. The average Bonchev–Trinajstić information content (AvgIpc) is 3.31. The summed E-state index contributed by atoms with van der Waals surface area (Å²) >= 11 is 1.48. The predicted molar refractivity (Wildman–Crippen MR) is 152 cm³/mol. The summed E-state index contributed by atoms with van der Waals surface area (Å²) in [5.41, 5.74) is 4.37. The van der Waals surface area contributed by atoms with E-state index in [4.69, 9.17) is 4.98 Å². The van der Waals surface area contributed by atoms with Crippen molar-refractivity contribution in [3.63, 3.8) is 0 Å². The lowest BCUT2D eigenvalue weighted by Crippen LogP contribution is -2.42. The Morgan fingerprint density at radius 1 is 1.08 bits per heavy atom. The van der Waals surface area contributed by atoms with Crippen LogP contribution in [0, 0.1) is 25.7 Å². The lowest BCUT2D eigenvalue weighted by Gasteiger charge is -2.34. The van der Waals surface area contributed by atoms with Crippen molar-refractivity contribution >= 4 is 42.6 Å². The van der Waals surface area contributed by atoms with Crippen LogP contribution >= 0.6 is 11.3 Å². The number of sulfonamides is 1. The van der Waals surface area contributed by atoms with Crippen LogP contribution in [-0.2, 0) is 16.6 Å². The number of nitrogens with zero attached hydrogens (tertiary/aromatic N) is 4. The van der Waals surface area contributed by atoms with Crippen molar-refractivity contribution in [2.75, 3.05) is 18.0 Å². The Morgan fingerprint density at radius 2 is 1.79 bits per heavy atom. The monoisotopic (exact) mass is 548 g/mol. The molecule has 198 valence electrons. The smallest absolute Gasteiger partial charge is 0.260 e. The number of hydrogen-bond acceptors (Lipinski definition) is 6. The van der Waals surface area contributed by atoms with Crippen LogP contribution in [-0.4, -0.2) is 41.7 Å². The molecule has 1 amide bonds. The minimum atomic E-state index is -3.63. The Hall–Kier alpha value is -3.14. The molecule has 2 unspecified atom stereocenters. The highest BCUT2D eigenvalue weighted by molar-refractivity contribution is 7.89. The molecule has 4 aromatic rings. The van der Waals surface area contributed by atoms with Crippen LogP contribution in [0.5, 0.6) is 0 Å². The highest BCUT2D eigenvalue weighted by Gasteiger charge is 2.32. The van der Waals surface area contributed by atoms with Crippen LogP contribution in [0.25, 0.3) is 10.2 Å². The summed E-state index contributed by atoms with van der Waals surface area (Å²) in [6, 6.07) is 14.2. The molecule has 3 heterocycles. The molecule has 38 heavy (non-hydrogen) atoms. The number of carbonyl (C=O) groups excluding carboxylic acids is 1. The van der Waals surface area contributed by atoms with E-state index in [9.17, 15) is 13.2 Å². The molecule has 1 fully saturated rings. The molecule has 0 bridgehead atoms. The van der Waals surface area contributed by atoms with E-state index in [2.05, 4.69) is 24.9 Å². The Morgan fingerprint density at radius 3 is 2.45 bits per heavy atom. The zero-order valence-electron chi connectivity index (χ0n) is 22.1. The Labute approximate surface area is 228 Å². The van der Waals surface area contributed by atoms with Crippen molar-refractivity contribution in [2.45, 2.75) is 45.6 Å². The summed E-state index contributed by atoms with van der Waals surface area (Å²) < 4.78 is 29.3. The summed E-state index contributed by atoms with van der Waals surface area (Å²) in [5.74, 6) is 0.389. The quantitative estimate of drug-likeness (QED) is 0.303. The molecule has 2 aromatic carbocycles. The third-order valence-electron chi connectivity index (χ3n) is 6.92. The number of thiazole rings is 1. The standard InChI is InChI=1S/C29H32N4O3S2/c1-19-13-22(4)27-26(14-19)31-29(37-27)33(18-23-6-5-11-30-15-23)28(34)24-7-9-25(10-8-24)38(35,36)32-16-20(2)12-21(3)17-32/h5-11,13-15,20-21H,12,16-18H2,1-4H3. The molecule has 0 aliphatic carbocycles. The molecule has 0 saturated carbocycles. The van der Waals surface area contributed by atoms with Crippen LogP contribution < -0.4 is 4.90 Å². The zero-order chi connectivity index (χ0) is 27.0. The number of fused-ring (bicyclic) bond motifs is 1. The van der Waals surface area contributed by atoms with Gasteiger partial charge in [0.2, 0.25) is 10.0 Å². The second-order valence-electron chi connectivity index (χ2n) is 10.5. The van der Waals surface area contributed by atoms with Gasteiger partial charge < -0.3 is 0 Å². The van der Waals surface area contributed by atoms with Crippen molar-refractivity contribution < 1.29 is 13.2 Å². The number of piperidine rings is 1. The van der Waals surface area contributed by atoms with E-state index in [1.165, 1.54) is 11.3 Å². The summed E-state index contributed by atoms with van der Waals surface area (Å²) in [6.45, 7) is 9.58. The fourth-order valence-electron chi connectivity index (χ4n) is 5.26. The number of amides is 1. The van der Waals surface area contributed by atoms with Crippen LogP contribution in [0.15, 0.2) is 65.8 Å². The van der Waals surface area contributed by atoms with Gasteiger partial charge in [0.25, 0.3) is 5.91 Å². The molecule has 1 saturated heterocycles. The molecule has 5 rings (SSSR count). The Bertz CT molecular complexity index is 1560. The predicted octanol–water partition coefficient (Wildman–Crippen LogP) is 5.82. The van der Waals surface area contributed by atoms with E-state index >= 15 is 0 Å². The number of rotatable bonds is 6. The first kappa shape index (κ1) is 26.5. The van der Waals surface area contributed by atoms with Crippen LogP contribution in [0.2, 0.25) is 0 Å². The number of benzene rings is 2. The van der Waals surface area contributed by atoms with Gasteiger partial charge in [0.1, 0.15) is 0 Å². The molecule has 0 N–H and O–H groups in total. The van der Waals surface area contributed by atoms with Gasteiger partial charge in [-0.25, -0.2) is 13.4 Å². The summed E-state index contributed by atoms with van der Waals surface area (Å²) in [5, 5.41) is 0.593. The van der Waals surface area contributed by atoms with Gasteiger partial charge in [-0.3, -0.25) is 14.7 Å². The van der Waals surface area contributed by atoms with Gasteiger partial charge in [0.15, 0.2) is 5.13 Å². The molecule has 0 spiro atoms. The number of anilines is 1. The lowest BCUT2D eigenvalue weighted by atomic mass is 9.94. The highest BCUT2D eigenvalue weighted by atomic mass is 32.2. The van der Waals surface area contributed by atoms with Gasteiger partial charge >= 0.3 is 0 Å². The molecule has 1 aliphatic heterocycles. The number of hydrogen-bond donors (Lipinski definition) is 0. The van der Waals surface area contributed by atoms with Crippen molar-refractivity contribution in [3.8, 4) is 0 Å². The molecule has 0 radical (unpaired) electrons. The first-order valence-corrected chi connectivity index (χ1v) is 15.1. The zero-order valence-corrected chi connectivity index (χ0v) is 23.7. The van der Waals surface area contributed by atoms with Gasteiger partial charge in [-0.1, -0.05) is 37.3 Å². The van der Waals surface area contributed by atoms with Gasteiger partial charge in [-0.15, -0.1) is 0 Å². The van der Waals surface area contributed by atoms with Crippen molar-refractivity contribution in [3.05, 3.63) is 83.2 Å². The second-order valence-corrected chi connectivity index (χ2v) is 13.4. The second kappa shape index (κ2) is 10.6. The molecule has 9 heteroatoms. The molecule has 2 aromatic heterocycles. The summed E-state index contributed by atoms with van der Waals surface area (Å²) in [4.78, 5) is 24.7. The minimum Gasteiger partial charge on any atom is -0.279 e. The van der Waals surface area contributed by atoms with E-state index in [1.54, 1.807) is 45.9 Å². The maximum absolute atomic E-state index is 13.8. The Balaban J connectivity index is 1.47. The van der Waals surface area contributed by atoms with Gasteiger partial charge in [-0.05, 0) is 85.2 Å². The van der Waals surface area contributed by atoms with E-state index in [0.29, 0.717) is 42.2 Å². The first-order chi connectivity index (χ1) is 18.1. The van der Waals surface area contributed by atoms with Crippen molar-refractivity contribution in [2.24, 2.45) is 11.8 Å². The van der Waals surface area contributed by atoms with Crippen molar-refractivity contribution in [1.29, 1.82) is 0 Å². The maximum Gasteiger partial charge on any atom is 0.260 e. The fraction of sp³-hybridized carbons (Fsp3) is 0.345. The molecule has 2 atom stereocenters. The number of aryl methyl sites for hydroxylation is 2. The molecule has 1 aliphatic rings. The largest absolute Gasteiger partial charge is 0.279 e. The fourth-order valence-corrected chi connectivity index (χ4v) is 7.95. The van der Waals surface area contributed by atoms with E-state index in [1.807, 2.05) is 32.0 Å². The molecular formula is C29H32N4O3S2. The maximum atomic E-state index is 13.8. The number of carbonyl (C=O) groups is 1. The third kappa shape index (κ3) is 5.36. The lowest BCUT2D eigenvalue weighted by molar-refractivity contribution is 0.0985. The summed E-state index contributed by atoms with van der Waals surface area (Å²) in [6.07, 6.45) is 4.46. The Kier molecular flexibility index (Phi) is 7.35.